The summed E-state index contributed by atoms with van der Waals surface area (Å²) in [6.07, 6.45) is 3.80. The summed E-state index contributed by atoms with van der Waals surface area (Å²) in [5.74, 6) is -0.178. The van der Waals surface area contributed by atoms with Crippen molar-refractivity contribution in [1.82, 2.24) is 15.2 Å². The summed E-state index contributed by atoms with van der Waals surface area (Å²) in [4.78, 5) is 30.0. The van der Waals surface area contributed by atoms with Gasteiger partial charge in [0.1, 0.15) is 5.69 Å². The van der Waals surface area contributed by atoms with Crippen LogP contribution < -0.4 is 10.6 Å². The first-order chi connectivity index (χ1) is 12.0. The zero-order valence-electron chi connectivity index (χ0n) is 15.2. The number of nitrogens with one attached hydrogen (secondary N) is 2. The van der Waals surface area contributed by atoms with Crippen LogP contribution >= 0.6 is 0 Å². The number of rotatable bonds is 6. The summed E-state index contributed by atoms with van der Waals surface area (Å²) in [5, 5.41) is 6.36. The smallest absolute Gasteiger partial charge is 0.409 e. The van der Waals surface area contributed by atoms with Crippen LogP contribution in [0.3, 0.4) is 0 Å². The highest BCUT2D eigenvalue weighted by atomic mass is 16.6. The summed E-state index contributed by atoms with van der Waals surface area (Å²) >= 11 is 0. The van der Waals surface area contributed by atoms with Crippen LogP contribution in [0.1, 0.15) is 50.5 Å². The van der Waals surface area contributed by atoms with Crippen LogP contribution in [0.15, 0.2) is 18.3 Å². The van der Waals surface area contributed by atoms with Gasteiger partial charge in [-0.2, -0.15) is 0 Å². The van der Waals surface area contributed by atoms with Crippen molar-refractivity contribution in [2.75, 3.05) is 25.0 Å². The Hall–Kier alpha value is -2.31. The highest BCUT2D eigenvalue weighted by molar-refractivity contribution is 5.93. The molecule has 1 aromatic rings. The van der Waals surface area contributed by atoms with E-state index in [-0.39, 0.29) is 18.0 Å². The standard InChI is InChI=1S/C18H28N4O3/c1-4-13(3)20-15-6-9-19-16(12-15)17(23)21-14-7-10-22(11-8-14)18(24)25-5-2/h6,9,12-14H,4-5,7-8,10-11H2,1-3H3,(H,19,20)(H,21,23). The van der Waals surface area contributed by atoms with E-state index >= 15 is 0 Å². The Morgan fingerprint density at radius 3 is 2.72 bits per heavy atom. The Morgan fingerprint density at radius 2 is 2.08 bits per heavy atom. The van der Waals surface area contributed by atoms with Crippen molar-refractivity contribution in [3.05, 3.63) is 24.0 Å². The van der Waals surface area contributed by atoms with Gasteiger partial charge in [-0.1, -0.05) is 6.92 Å². The molecule has 0 bridgehead atoms. The van der Waals surface area contributed by atoms with Gasteiger partial charge in [-0.25, -0.2) is 4.79 Å². The van der Waals surface area contributed by atoms with Crippen LogP contribution in [0.4, 0.5) is 10.5 Å². The molecule has 1 fully saturated rings. The van der Waals surface area contributed by atoms with Crippen molar-refractivity contribution in [2.45, 2.75) is 52.1 Å². The second-order valence-electron chi connectivity index (χ2n) is 6.32. The van der Waals surface area contributed by atoms with Gasteiger partial charge in [-0.15, -0.1) is 0 Å². The lowest BCUT2D eigenvalue weighted by Gasteiger charge is -2.31. The van der Waals surface area contributed by atoms with Gasteiger partial charge < -0.3 is 20.3 Å². The Bertz CT molecular complexity index is 585. The van der Waals surface area contributed by atoms with Crippen molar-refractivity contribution in [3.8, 4) is 0 Å². The van der Waals surface area contributed by atoms with Gasteiger partial charge in [0.25, 0.3) is 5.91 Å². The van der Waals surface area contributed by atoms with Gasteiger partial charge in [0.05, 0.1) is 6.61 Å². The molecule has 1 atom stereocenters. The lowest BCUT2D eigenvalue weighted by molar-refractivity contribution is 0.0856. The Balaban J connectivity index is 1.86. The number of likely N-dealkylation sites (tertiary alicyclic amines) is 1. The zero-order chi connectivity index (χ0) is 18.2. The molecule has 1 aliphatic rings. The molecule has 1 saturated heterocycles. The molecule has 2 rings (SSSR count). The molecule has 2 amide bonds. The predicted octanol–water partition coefficient (Wildman–Crippen LogP) is 2.64. The minimum absolute atomic E-state index is 0.0474. The lowest BCUT2D eigenvalue weighted by atomic mass is 10.1. The van der Waals surface area contributed by atoms with Gasteiger partial charge in [0.2, 0.25) is 0 Å². The van der Waals surface area contributed by atoms with E-state index < -0.39 is 0 Å². The van der Waals surface area contributed by atoms with Gasteiger partial charge in [0.15, 0.2) is 0 Å². The average Bonchev–Trinajstić information content (AvgIpc) is 2.62. The molecule has 0 aliphatic carbocycles. The van der Waals surface area contributed by atoms with E-state index in [4.69, 9.17) is 4.74 Å². The third kappa shape index (κ3) is 5.62. The quantitative estimate of drug-likeness (QED) is 0.826. The van der Waals surface area contributed by atoms with Crippen molar-refractivity contribution in [1.29, 1.82) is 0 Å². The molecule has 0 spiro atoms. The molecule has 0 radical (unpaired) electrons. The van der Waals surface area contributed by atoms with Crippen LogP contribution in [-0.4, -0.2) is 53.7 Å². The summed E-state index contributed by atoms with van der Waals surface area (Å²) in [7, 11) is 0. The van der Waals surface area contributed by atoms with E-state index in [0.29, 0.717) is 31.4 Å². The molecule has 1 aliphatic heterocycles. The molecule has 7 heteroatoms. The number of anilines is 1. The van der Waals surface area contributed by atoms with Crippen LogP contribution in [0.2, 0.25) is 0 Å². The minimum Gasteiger partial charge on any atom is -0.450 e. The lowest BCUT2D eigenvalue weighted by Crippen LogP contribution is -2.46. The van der Waals surface area contributed by atoms with Crippen LogP contribution in [0.25, 0.3) is 0 Å². The molecular weight excluding hydrogens is 320 g/mol. The fraction of sp³-hybridized carbons (Fsp3) is 0.611. The SMILES string of the molecule is CCOC(=O)N1CCC(NC(=O)c2cc(NC(C)CC)ccn2)CC1. The van der Waals surface area contributed by atoms with Crippen molar-refractivity contribution < 1.29 is 14.3 Å². The monoisotopic (exact) mass is 348 g/mol. The first-order valence-electron chi connectivity index (χ1n) is 8.98. The third-order valence-corrected chi connectivity index (χ3v) is 4.37. The Labute approximate surface area is 149 Å². The number of pyridine rings is 1. The zero-order valence-corrected chi connectivity index (χ0v) is 15.2. The summed E-state index contributed by atoms with van der Waals surface area (Å²) in [6, 6.07) is 4.02. The number of piperidine rings is 1. The maximum absolute atomic E-state index is 12.4. The Morgan fingerprint density at radius 1 is 1.36 bits per heavy atom. The van der Waals surface area contributed by atoms with E-state index in [1.54, 1.807) is 24.1 Å². The normalized spacial score (nSPS) is 16.2. The number of ether oxygens (including phenoxy) is 1. The summed E-state index contributed by atoms with van der Waals surface area (Å²) in [5.41, 5.74) is 1.30. The molecule has 0 saturated carbocycles. The van der Waals surface area contributed by atoms with Gasteiger partial charge in [0, 0.05) is 37.1 Å². The number of hydrogen-bond donors (Lipinski definition) is 2. The van der Waals surface area contributed by atoms with Gasteiger partial charge in [-0.05, 0) is 45.2 Å². The highest BCUT2D eigenvalue weighted by Gasteiger charge is 2.25. The summed E-state index contributed by atoms with van der Waals surface area (Å²) < 4.78 is 5.00. The molecule has 2 N–H and O–H groups in total. The fourth-order valence-corrected chi connectivity index (χ4v) is 2.71. The maximum Gasteiger partial charge on any atom is 0.409 e. The van der Waals surface area contributed by atoms with Gasteiger partial charge >= 0.3 is 6.09 Å². The number of nitrogens with zero attached hydrogens (tertiary/aromatic N) is 2. The molecule has 1 aromatic heterocycles. The molecule has 0 aromatic carbocycles. The number of hydrogen-bond acceptors (Lipinski definition) is 5. The molecule has 138 valence electrons. The molecular formula is C18H28N4O3. The maximum atomic E-state index is 12.4. The van der Waals surface area contributed by atoms with Crippen LogP contribution in [0.5, 0.6) is 0 Å². The third-order valence-electron chi connectivity index (χ3n) is 4.37. The van der Waals surface area contributed by atoms with Crippen LogP contribution in [-0.2, 0) is 4.74 Å². The largest absolute Gasteiger partial charge is 0.450 e. The summed E-state index contributed by atoms with van der Waals surface area (Å²) in [6.45, 7) is 7.55. The van der Waals surface area contributed by atoms with Crippen molar-refractivity contribution in [3.63, 3.8) is 0 Å². The Kier molecular flexibility index (Phi) is 7.03. The molecule has 2 heterocycles. The van der Waals surface area contributed by atoms with Gasteiger partial charge in [-0.3, -0.25) is 9.78 Å². The van der Waals surface area contributed by atoms with E-state index in [0.717, 1.165) is 24.9 Å². The number of carbonyl (C=O) groups excluding carboxylic acids is 2. The number of carbonyl (C=O) groups is 2. The molecule has 25 heavy (non-hydrogen) atoms. The average molecular weight is 348 g/mol. The van der Waals surface area contributed by atoms with E-state index in [1.807, 2.05) is 6.07 Å². The minimum atomic E-state index is -0.280. The first-order valence-corrected chi connectivity index (χ1v) is 8.98. The first kappa shape index (κ1) is 19.0. The fourth-order valence-electron chi connectivity index (χ4n) is 2.71. The van der Waals surface area contributed by atoms with Crippen molar-refractivity contribution in [2.24, 2.45) is 0 Å². The second-order valence-corrected chi connectivity index (χ2v) is 6.32. The van der Waals surface area contributed by atoms with Crippen LogP contribution in [0, 0.1) is 0 Å². The highest BCUT2D eigenvalue weighted by Crippen LogP contribution is 2.14. The number of aromatic nitrogens is 1. The van der Waals surface area contributed by atoms with E-state index in [9.17, 15) is 9.59 Å². The molecule has 7 nitrogen and oxygen atoms in total. The van der Waals surface area contributed by atoms with E-state index in [2.05, 4.69) is 29.5 Å². The number of amides is 2. The predicted molar refractivity (Wildman–Crippen MR) is 96.7 cm³/mol. The topological polar surface area (TPSA) is 83.6 Å². The van der Waals surface area contributed by atoms with Crippen molar-refractivity contribution >= 4 is 17.7 Å². The molecule has 1 unspecified atom stereocenters. The second kappa shape index (κ2) is 9.25. The van der Waals surface area contributed by atoms with E-state index in [1.165, 1.54) is 0 Å².